The lowest BCUT2D eigenvalue weighted by molar-refractivity contribution is 0.795. The Morgan fingerprint density at radius 3 is 2.35 bits per heavy atom. The Balaban J connectivity index is 2.58. The van der Waals surface area contributed by atoms with Crippen molar-refractivity contribution in [2.45, 2.75) is 0 Å². The fourth-order valence-electron chi connectivity index (χ4n) is 1.87. The van der Waals surface area contributed by atoms with Crippen molar-refractivity contribution in [2.75, 3.05) is 5.32 Å². The summed E-state index contributed by atoms with van der Waals surface area (Å²) in [7, 11) is 3.39. The summed E-state index contributed by atoms with van der Waals surface area (Å²) in [5.41, 5.74) is 2.07. The fourth-order valence-corrected chi connectivity index (χ4v) is 2.32. The molecule has 0 aliphatic carbocycles. The predicted molar refractivity (Wildman–Crippen MR) is 78.8 cm³/mol. The molecule has 100 valence electrons. The quantitative estimate of drug-likeness (QED) is 0.852. The van der Waals surface area contributed by atoms with Crippen LogP contribution in [-0.2, 0) is 14.1 Å². The van der Waals surface area contributed by atoms with Crippen molar-refractivity contribution in [3.05, 3.63) is 38.9 Å². The molecule has 2 rings (SSSR count). The lowest BCUT2D eigenvalue weighted by atomic mass is 10.2. The predicted octanol–water partition coefficient (Wildman–Crippen LogP) is 1.98. The van der Waals surface area contributed by atoms with Crippen LogP contribution in [0.3, 0.4) is 0 Å². The van der Waals surface area contributed by atoms with Gasteiger partial charge in [0.05, 0.1) is 16.7 Å². The molecule has 7 heteroatoms. The van der Waals surface area contributed by atoms with Crippen molar-refractivity contribution in [1.82, 2.24) is 9.13 Å². The molecule has 0 bridgehead atoms. The highest BCUT2D eigenvalue weighted by molar-refractivity contribution is 9.10. The van der Waals surface area contributed by atoms with Gasteiger partial charge in [0.15, 0.2) is 0 Å². The van der Waals surface area contributed by atoms with Gasteiger partial charge >= 0.3 is 5.69 Å². The van der Waals surface area contributed by atoms with E-state index in [4.69, 9.17) is 10.5 Å². The molecule has 0 aliphatic rings. The van der Waals surface area contributed by atoms with Crippen LogP contribution in [0.15, 0.2) is 33.2 Å². The van der Waals surface area contributed by atoms with Gasteiger partial charge in [0.1, 0.15) is 17.7 Å². The largest absolute Gasteiger partial charge is 0.359 e. The lowest BCUT2D eigenvalue weighted by Crippen LogP contribution is -2.19. The normalized spacial score (nSPS) is 9.85. The summed E-state index contributed by atoms with van der Waals surface area (Å²) >= 11 is 3.40. The number of benzene rings is 1. The van der Waals surface area contributed by atoms with Gasteiger partial charge < -0.3 is 5.32 Å². The van der Waals surface area contributed by atoms with E-state index in [0.717, 1.165) is 15.5 Å². The molecule has 0 aliphatic heterocycles. The molecule has 1 aromatic carbocycles. The number of allylic oxidation sites excluding steroid dienone is 1. The number of aryl methyl sites for hydroxylation is 2. The van der Waals surface area contributed by atoms with E-state index >= 15 is 0 Å². The van der Waals surface area contributed by atoms with Gasteiger partial charge in [0.2, 0.25) is 0 Å². The minimum atomic E-state index is -0.116. The fraction of sp³-hybridized carbons (Fsp3) is 0.154. The van der Waals surface area contributed by atoms with Crippen molar-refractivity contribution in [2.24, 2.45) is 14.1 Å². The molecule has 1 aromatic heterocycles. The van der Waals surface area contributed by atoms with Crippen LogP contribution in [0.5, 0.6) is 0 Å². The maximum absolute atomic E-state index is 11.9. The number of halogens is 1. The molecule has 0 fully saturated rings. The van der Waals surface area contributed by atoms with Crippen molar-refractivity contribution in [1.29, 1.82) is 10.5 Å². The summed E-state index contributed by atoms with van der Waals surface area (Å²) in [5.74, 6) is 0. The molecule has 0 spiro atoms. The zero-order valence-corrected chi connectivity index (χ0v) is 12.4. The molecule has 2 aromatic rings. The van der Waals surface area contributed by atoms with Gasteiger partial charge in [0.25, 0.3) is 0 Å². The van der Waals surface area contributed by atoms with Gasteiger partial charge in [-0.05, 0) is 28.1 Å². The zero-order valence-electron chi connectivity index (χ0n) is 10.8. The van der Waals surface area contributed by atoms with Gasteiger partial charge in [-0.25, -0.2) is 4.79 Å². The molecule has 0 saturated heterocycles. The van der Waals surface area contributed by atoms with E-state index in [0.29, 0.717) is 5.69 Å². The van der Waals surface area contributed by atoms with Crippen LogP contribution in [0.2, 0.25) is 0 Å². The van der Waals surface area contributed by atoms with Crippen LogP contribution in [0, 0.1) is 22.7 Å². The Labute approximate surface area is 123 Å². The number of aromatic nitrogens is 2. The highest BCUT2D eigenvalue weighted by Gasteiger charge is 2.10. The first-order chi connectivity index (χ1) is 9.49. The van der Waals surface area contributed by atoms with E-state index in [1.807, 2.05) is 6.07 Å². The maximum atomic E-state index is 11.9. The summed E-state index contributed by atoms with van der Waals surface area (Å²) < 4.78 is 3.82. The number of nitrogens with zero attached hydrogens (tertiary/aromatic N) is 4. The van der Waals surface area contributed by atoms with Crippen LogP contribution < -0.4 is 11.0 Å². The van der Waals surface area contributed by atoms with Crippen molar-refractivity contribution < 1.29 is 0 Å². The molecule has 0 unspecified atom stereocenters. The van der Waals surface area contributed by atoms with Gasteiger partial charge in [-0.2, -0.15) is 10.5 Å². The van der Waals surface area contributed by atoms with E-state index in [2.05, 4.69) is 21.2 Å². The molecule has 0 atom stereocenters. The van der Waals surface area contributed by atoms with E-state index in [1.54, 1.807) is 36.9 Å². The zero-order chi connectivity index (χ0) is 14.9. The third-order valence-electron chi connectivity index (χ3n) is 2.97. The van der Waals surface area contributed by atoms with Crippen LogP contribution in [0.1, 0.15) is 0 Å². The summed E-state index contributed by atoms with van der Waals surface area (Å²) in [5, 5.41) is 20.3. The highest BCUT2D eigenvalue weighted by atomic mass is 79.9. The highest BCUT2D eigenvalue weighted by Crippen LogP contribution is 2.28. The average Bonchev–Trinajstić information content (AvgIpc) is 2.65. The van der Waals surface area contributed by atoms with Gasteiger partial charge in [-0.15, -0.1) is 0 Å². The first-order valence-corrected chi connectivity index (χ1v) is 6.40. The maximum Gasteiger partial charge on any atom is 0.328 e. The SMILES string of the molecule is Cn1c(=O)n(C)c2cc(NC=C(C#N)C#N)c(Br)cc21. The number of imidazole rings is 1. The average molecular weight is 332 g/mol. The molecule has 1 N–H and O–H groups in total. The minimum Gasteiger partial charge on any atom is -0.359 e. The first kappa shape index (κ1) is 13.9. The Hall–Kier alpha value is -2.51. The first-order valence-electron chi connectivity index (χ1n) is 5.61. The molecule has 0 amide bonds. The van der Waals surface area contributed by atoms with Gasteiger partial charge in [0, 0.05) is 24.8 Å². The van der Waals surface area contributed by atoms with Crippen molar-refractivity contribution >= 4 is 32.7 Å². The monoisotopic (exact) mass is 331 g/mol. The van der Waals surface area contributed by atoms with Crippen LogP contribution in [-0.4, -0.2) is 9.13 Å². The number of fused-ring (bicyclic) bond motifs is 1. The summed E-state index contributed by atoms with van der Waals surface area (Å²) in [6, 6.07) is 7.12. The third-order valence-corrected chi connectivity index (χ3v) is 3.63. The summed E-state index contributed by atoms with van der Waals surface area (Å²) in [6.45, 7) is 0. The van der Waals surface area contributed by atoms with Crippen molar-refractivity contribution in [3.8, 4) is 12.1 Å². The molecule has 0 saturated carbocycles. The Bertz CT molecular complexity index is 844. The molecule has 6 nitrogen and oxygen atoms in total. The van der Waals surface area contributed by atoms with Crippen molar-refractivity contribution in [3.63, 3.8) is 0 Å². The summed E-state index contributed by atoms with van der Waals surface area (Å²) in [4.78, 5) is 11.9. The Kier molecular flexibility index (Phi) is 3.64. The molecule has 20 heavy (non-hydrogen) atoms. The number of nitriles is 2. The number of hydrogen-bond acceptors (Lipinski definition) is 4. The summed E-state index contributed by atoms with van der Waals surface area (Å²) in [6.07, 6.45) is 1.33. The number of hydrogen-bond donors (Lipinski definition) is 1. The number of anilines is 1. The smallest absolute Gasteiger partial charge is 0.328 e. The minimum absolute atomic E-state index is 0.0288. The Morgan fingerprint density at radius 1 is 1.25 bits per heavy atom. The number of nitrogens with one attached hydrogen (secondary N) is 1. The van der Waals surface area contributed by atoms with E-state index in [-0.39, 0.29) is 11.3 Å². The number of rotatable bonds is 2. The van der Waals surface area contributed by atoms with Crippen LogP contribution in [0.25, 0.3) is 11.0 Å². The van der Waals surface area contributed by atoms with Crippen LogP contribution >= 0.6 is 15.9 Å². The standard InChI is InChI=1S/C13H10BrN5O/c1-18-11-3-9(14)10(17-7-8(5-15)6-16)4-12(11)19(2)13(18)20/h3-4,7,17H,1-2H3. The van der Waals surface area contributed by atoms with E-state index in [9.17, 15) is 4.79 Å². The molecule has 1 heterocycles. The van der Waals surface area contributed by atoms with Gasteiger partial charge in [-0.1, -0.05) is 0 Å². The second-order valence-electron chi connectivity index (χ2n) is 4.15. The second-order valence-corrected chi connectivity index (χ2v) is 5.00. The third kappa shape index (κ3) is 2.20. The topological polar surface area (TPSA) is 86.5 Å². The Morgan fingerprint density at radius 2 is 1.80 bits per heavy atom. The molecular formula is C13H10BrN5O. The van der Waals surface area contributed by atoms with E-state index in [1.165, 1.54) is 10.8 Å². The molecular weight excluding hydrogens is 322 g/mol. The van der Waals surface area contributed by atoms with Crippen LogP contribution in [0.4, 0.5) is 5.69 Å². The van der Waals surface area contributed by atoms with E-state index < -0.39 is 0 Å². The lowest BCUT2D eigenvalue weighted by Gasteiger charge is -2.05. The second kappa shape index (κ2) is 5.24. The molecule has 0 radical (unpaired) electrons. The van der Waals surface area contributed by atoms with Gasteiger partial charge in [-0.3, -0.25) is 9.13 Å².